The standard InChI is InChI=1S/C24H22BrClN4O3/c1-14-8-15(2)10-19(9-14)32-13-20-16(3)33-29-22(20)24(31)27-23-21(26)12-30(28-23)11-17-4-6-18(25)7-5-17/h4-10,12H,11,13H2,1-3H3,(H,27,28,31). The summed E-state index contributed by atoms with van der Waals surface area (Å²) in [6.07, 6.45) is 1.66. The lowest BCUT2D eigenvalue weighted by atomic mass is 10.1. The predicted octanol–water partition coefficient (Wildman–Crippen LogP) is 6.09. The Hall–Kier alpha value is -3.10. The molecule has 33 heavy (non-hydrogen) atoms. The minimum Gasteiger partial charge on any atom is -0.489 e. The third kappa shape index (κ3) is 5.64. The second-order valence-electron chi connectivity index (χ2n) is 7.78. The summed E-state index contributed by atoms with van der Waals surface area (Å²) in [5.41, 5.74) is 3.94. The van der Waals surface area contributed by atoms with E-state index < -0.39 is 5.91 Å². The van der Waals surface area contributed by atoms with E-state index in [0.717, 1.165) is 21.2 Å². The fraction of sp³-hybridized carbons (Fsp3) is 0.208. The molecule has 9 heteroatoms. The van der Waals surface area contributed by atoms with Gasteiger partial charge in [-0.15, -0.1) is 0 Å². The van der Waals surface area contributed by atoms with Gasteiger partial charge in [0.05, 0.1) is 12.1 Å². The number of nitrogens with one attached hydrogen (secondary N) is 1. The van der Waals surface area contributed by atoms with E-state index in [1.807, 2.05) is 50.2 Å². The maximum Gasteiger partial charge on any atom is 0.279 e. The van der Waals surface area contributed by atoms with E-state index in [9.17, 15) is 4.79 Å². The van der Waals surface area contributed by atoms with E-state index in [2.05, 4.69) is 37.6 Å². The van der Waals surface area contributed by atoms with Crippen molar-refractivity contribution < 1.29 is 14.1 Å². The average Bonchev–Trinajstić information content (AvgIpc) is 3.29. The van der Waals surface area contributed by atoms with Gasteiger partial charge in [0.25, 0.3) is 5.91 Å². The van der Waals surface area contributed by atoms with Crippen LogP contribution in [-0.2, 0) is 13.2 Å². The van der Waals surface area contributed by atoms with E-state index in [1.54, 1.807) is 17.8 Å². The molecular formula is C24H22BrClN4O3. The molecule has 0 aliphatic rings. The molecule has 0 bridgehead atoms. The van der Waals surface area contributed by atoms with Gasteiger partial charge in [0, 0.05) is 10.7 Å². The van der Waals surface area contributed by atoms with Crippen molar-refractivity contribution in [3.05, 3.63) is 91.9 Å². The zero-order valence-electron chi connectivity index (χ0n) is 18.4. The largest absolute Gasteiger partial charge is 0.489 e. The first-order valence-corrected chi connectivity index (χ1v) is 11.4. The van der Waals surface area contributed by atoms with Crippen molar-refractivity contribution >= 4 is 39.3 Å². The Bertz CT molecular complexity index is 1280. The second kappa shape index (κ2) is 9.80. The Kier molecular flexibility index (Phi) is 6.85. The fourth-order valence-corrected chi connectivity index (χ4v) is 3.88. The highest BCUT2D eigenvalue weighted by molar-refractivity contribution is 9.10. The molecule has 4 aromatic rings. The molecule has 0 spiro atoms. The fourth-order valence-electron chi connectivity index (χ4n) is 3.42. The number of amides is 1. The van der Waals surface area contributed by atoms with Gasteiger partial charge >= 0.3 is 0 Å². The van der Waals surface area contributed by atoms with Crippen molar-refractivity contribution in [2.24, 2.45) is 0 Å². The van der Waals surface area contributed by atoms with Crippen LogP contribution in [0.1, 0.15) is 38.5 Å². The monoisotopic (exact) mass is 528 g/mol. The number of hydrogen-bond acceptors (Lipinski definition) is 5. The Morgan fingerprint density at radius 2 is 1.85 bits per heavy atom. The number of aryl methyl sites for hydroxylation is 3. The van der Waals surface area contributed by atoms with E-state index in [0.29, 0.717) is 28.6 Å². The zero-order chi connectivity index (χ0) is 23.5. The summed E-state index contributed by atoms with van der Waals surface area (Å²) in [7, 11) is 0. The van der Waals surface area contributed by atoms with Gasteiger partial charge in [-0.2, -0.15) is 5.10 Å². The van der Waals surface area contributed by atoms with Gasteiger partial charge in [0.2, 0.25) is 0 Å². The van der Waals surface area contributed by atoms with Crippen molar-refractivity contribution in [1.82, 2.24) is 14.9 Å². The maximum atomic E-state index is 12.9. The van der Waals surface area contributed by atoms with Gasteiger partial charge in [-0.05, 0) is 61.7 Å². The SMILES string of the molecule is Cc1cc(C)cc(OCc2c(C(=O)Nc3nn(Cc4ccc(Br)cc4)cc3Cl)noc2C)c1. The number of carbonyl (C=O) groups excluding carboxylic acids is 1. The quantitative estimate of drug-likeness (QED) is 0.313. The van der Waals surface area contributed by atoms with Crippen LogP contribution in [0.25, 0.3) is 0 Å². The summed E-state index contributed by atoms with van der Waals surface area (Å²) in [5, 5.41) is 11.4. The van der Waals surface area contributed by atoms with Crippen LogP contribution in [0.15, 0.2) is 57.7 Å². The molecule has 0 radical (unpaired) electrons. The molecule has 0 atom stereocenters. The molecule has 0 saturated carbocycles. The van der Waals surface area contributed by atoms with Crippen LogP contribution >= 0.6 is 27.5 Å². The van der Waals surface area contributed by atoms with Crippen molar-refractivity contribution in [2.75, 3.05) is 5.32 Å². The summed E-state index contributed by atoms with van der Waals surface area (Å²) in [4.78, 5) is 12.9. The Labute approximate surface area is 204 Å². The van der Waals surface area contributed by atoms with Crippen LogP contribution in [-0.4, -0.2) is 20.8 Å². The maximum absolute atomic E-state index is 12.9. The molecule has 2 heterocycles. The van der Waals surface area contributed by atoms with Gasteiger partial charge in [0.1, 0.15) is 23.1 Å². The van der Waals surface area contributed by atoms with Gasteiger partial charge in [0.15, 0.2) is 11.5 Å². The summed E-state index contributed by atoms with van der Waals surface area (Å²) in [6, 6.07) is 13.8. The number of carbonyl (C=O) groups is 1. The summed E-state index contributed by atoms with van der Waals surface area (Å²) >= 11 is 9.73. The van der Waals surface area contributed by atoms with Gasteiger partial charge in [-0.25, -0.2) is 0 Å². The molecule has 170 valence electrons. The van der Waals surface area contributed by atoms with Crippen LogP contribution in [0, 0.1) is 20.8 Å². The number of anilines is 1. The number of benzene rings is 2. The number of rotatable bonds is 7. The lowest BCUT2D eigenvalue weighted by Gasteiger charge is -2.08. The smallest absolute Gasteiger partial charge is 0.279 e. The van der Waals surface area contributed by atoms with Crippen LogP contribution < -0.4 is 10.1 Å². The molecule has 0 fully saturated rings. The number of nitrogens with zero attached hydrogens (tertiary/aromatic N) is 3. The molecule has 2 aromatic carbocycles. The molecule has 2 aromatic heterocycles. The second-order valence-corrected chi connectivity index (χ2v) is 9.10. The number of aromatic nitrogens is 3. The lowest BCUT2D eigenvalue weighted by molar-refractivity contribution is 0.101. The highest BCUT2D eigenvalue weighted by Crippen LogP contribution is 2.24. The number of ether oxygens (including phenoxy) is 1. The third-order valence-electron chi connectivity index (χ3n) is 4.98. The average molecular weight is 530 g/mol. The molecule has 4 rings (SSSR count). The molecule has 1 amide bonds. The first kappa shape index (κ1) is 23.1. The van der Waals surface area contributed by atoms with Gasteiger partial charge < -0.3 is 14.6 Å². The van der Waals surface area contributed by atoms with E-state index >= 15 is 0 Å². The van der Waals surface area contributed by atoms with Crippen LogP contribution in [0.4, 0.5) is 5.82 Å². The van der Waals surface area contributed by atoms with E-state index in [-0.39, 0.29) is 18.1 Å². The van der Waals surface area contributed by atoms with Gasteiger partial charge in [-0.1, -0.05) is 50.9 Å². The molecule has 0 saturated heterocycles. The molecule has 0 aliphatic carbocycles. The number of halogens is 2. The molecule has 7 nitrogen and oxygen atoms in total. The Morgan fingerprint density at radius 3 is 2.55 bits per heavy atom. The van der Waals surface area contributed by atoms with Crippen LogP contribution in [0.3, 0.4) is 0 Å². The predicted molar refractivity (Wildman–Crippen MR) is 130 cm³/mol. The summed E-state index contributed by atoms with van der Waals surface area (Å²) < 4.78 is 13.8. The summed E-state index contributed by atoms with van der Waals surface area (Å²) in [5.74, 6) is 1.01. The third-order valence-corrected chi connectivity index (χ3v) is 5.79. The first-order valence-electron chi connectivity index (χ1n) is 10.2. The zero-order valence-corrected chi connectivity index (χ0v) is 20.7. The Balaban J connectivity index is 1.47. The van der Waals surface area contributed by atoms with Crippen molar-refractivity contribution in [1.29, 1.82) is 0 Å². The molecular weight excluding hydrogens is 508 g/mol. The van der Waals surface area contributed by atoms with Crippen molar-refractivity contribution in [3.8, 4) is 5.75 Å². The lowest BCUT2D eigenvalue weighted by Crippen LogP contribution is -2.16. The van der Waals surface area contributed by atoms with Crippen molar-refractivity contribution in [3.63, 3.8) is 0 Å². The van der Waals surface area contributed by atoms with E-state index in [4.69, 9.17) is 20.9 Å². The summed E-state index contributed by atoms with van der Waals surface area (Å²) in [6.45, 7) is 6.41. The molecule has 0 aliphatic heterocycles. The Morgan fingerprint density at radius 1 is 1.15 bits per heavy atom. The normalized spacial score (nSPS) is 10.9. The highest BCUT2D eigenvalue weighted by Gasteiger charge is 2.22. The number of hydrogen-bond donors (Lipinski definition) is 1. The van der Waals surface area contributed by atoms with Gasteiger partial charge in [-0.3, -0.25) is 9.48 Å². The van der Waals surface area contributed by atoms with E-state index in [1.165, 1.54) is 0 Å². The molecule has 0 unspecified atom stereocenters. The topological polar surface area (TPSA) is 82.2 Å². The van der Waals surface area contributed by atoms with Crippen molar-refractivity contribution in [2.45, 2.75) is 33.9 Å². The van der Waals surface area contributed by atoms with Crippen LogP contribution in [0.5, 0.6) is 5.75 Å². The van der Waals surface area contributed by atoms with Crippen LogP contribution in [0.2, 0.25) is 5.02 Å². The first-order chi connectivity index (χ1) is 15.8. The highest BCUT2D eigenvalue weighted by atomic mass is 79.9. The minimum atomic E-state index is -0.471. The molecule has 1 N–H and O–H groups in total. The minimum absolute atomic E-state index is 0.135.